The molecule has 162 valence electrons. The summed E-state index contributed by atoms with van der Waals surface area (Å²) < 4.78 is 36.3. The summed E-state index contributed by atoms with van der Waals surface area (Å²) in [6.45, 7) is 7.12. The van der Waals surface area contributed by atoms with Crippen molar-refractivity contribution in [3.05, 3.63) is 35.5 Å². The molecule has 2 heterocycles. The van der Waals surface area contributed by atoms with Crippen LogP contribution in [0.15, 0.2) is 18.3 Å². The van der Waals surface area contributed by atoms with Crippen molar-refractivity contribution in [2.24, 2.45) is 11.1 Å². The van der Waals surface area contributed by atoms with Gasteiger partial charge in [0.2, 0.25) is 0 Å². The Morgan fingerprint density at radius 2 is 2.00 bits per heavy atom. The summed E-state index contributed by atoms with van der Waals surface area (Å²) in [5, 5.41) is 4.75. The summed E-state index contributed by atoms with van der Waals surface area (Å²) in [5.74, 6) is 0.0205. The molecule has 2 fully saturated rings. The Morgan fingerprint density at radius 3 is 2.53 bits per heavy atom. The molecule has 2 aliphatic carbocycles. The Labute approximate surface area is 174 Å². The largest absolute Gasteiger partial charge is 0.442 e. The van der Waals surface area contributed by atoms with E-state index in [1.807, 2.05) is 27.0 Å². The second-order valence-corrected chi connectivity index (χ2v) is 9.73. The van der Waals surface area contributed by atoms with E-state index in [0.29, 0.717) is 17.3 Å². The van der Waals surface area contributed by atoms with E-state index in [1.54, 1.807) is 17.7 Å². The van der Waals surface area contributed by atoms with Crippen LogP contribution in [-0.4, -0.2) is 32.6 Å². The number of hydrogen-bond acceptors (Lipinski definition) is 4. The maximum atomic E-state index is 15.6. The molecule has 1 unspecified atom stereocenters. The first kappa shape index (κ1) is 20.8. The molecule has 6 nitrogen and oxygen atoms in total. The lowest BCUT2D eigenvalue weighted by atomic mass is 9.66. The number of rotatable bonds is 5. The number of aryl methyl sites for hydroxylation is 1. The van der Waals surface area contributed by atoms with Gasteiger partial charge < -0.3 is 10.5 Å². The summed E-state index contributed by atoms with van der Waals surface area (Å²) in [6, 6.07) is 2.92. The molecule has 2 saturated carbocycles. The fourth-order valence-electron chi connectivity index (χ4n) is 4.44. The zero-order chi connectivity index (χ0) is 21.8. The van der Waals surface area contributed by atoms with E-state index in [1.165, 1.54) is 6.07 Å². The first-order valence-electron chi connectivity index (χ1n) is 10.4. The van der Waals surface area contributed by atoms with Crippen LogP contribution in [0.4, 0.5) is 13.6 Å². The quantitative estimate of drug-likeness (QED) is 0.754. The molecule has 2 aromatic rings. The number of nitrogens with zero attached hydrogens (tertiary/aromatic N) is 3. The summed E-state index contributed by atoms with van der Waals surface area (Å²) in [4.78, 5) is 15.7. The molecule has 0 aliphatic heterocycles. The number of ether oxygens (including phenoxy) is 1. The van der Waals surface area contributed by atoms with Crippen LogP contribution in [0.5, 0.6) is 0 Å². The minimum Gasteiger partial charge on any atom is -0.442 e. The van der Waals surface area contributed by atoms with Crippen molar-refractivity contribution < 1.29 is 18.3 Å². The molecule has 30 heavy (non-hydrogen) atoms. The molecule has 0 spiro atoms. The Bertz CT molecular complexity index is 972. The van der Waals surface area contributed by atoms with Crippen LogP contribution in [0.1, 0.15) is 69.8 Å². The molecule has 8 heteroatoms. The molecular formula is C22H28F2N4O2. The molecule has 2 aliphatic rings. The van der Waals surface area contributed by atoms with E-state index in [0.717, 1.165) is 24.1 Å². The van der Waals surface area contributed by atoms with Crippen molar-refractivity contribution in [3.8, 4) is 11.3 Å². The number of hydrogen-bond donors (Lipinski definition) is 1. The molecule has 2 aromatic heterocycles. The van der Waals surface area contributed by atoms with Crippen LogP contribution in [0.2, 0.25) is 0 Å². The third-order valence-corrected chi connectivity index (χ3v) is 6.04. The fraction of sp³-hybridized carbons (Fsp3) is 0.591. The number of pyridine rings is 1. The average molecular weight is 418 g/mol. The maximum absolute atomic E-state index is 15.6. The summed E-state index contributed by atoms with van der Waals surface area (Å²) in [5.41, 5.74) is 5.77. The highest BCUT2D eigenvalue weighted by molar-refractivity contribution is 5.65. The molecule has 0 saturated heterocycles. The maximum Gasteiger partial charge on any atom is 0.404 e. The van der Waals surface area contributed by atoms with Gasteiger partial charge in [0.25, 0.3) is 0 Å². The topological polar surface area (TPSA) is 83.0 Å². The van der Waals surface area contributed by atoms with Gasteiger partial charge in [0, 0.05) is 35.9 Å². The highest BCUT2D eigenvalue weighted by Gasteiger charge is 2.57. The Hall–Kier alpha value is -2.51. The number of primary amides is 1. The van der Waals surface area contributed by atoms with E-state index in [4.69, 9.17) is 15.6 Å². The second-order valence-electron chi connectivity index (χ2n) is 9.73. The minimum atomic E-state index is -1.66. The molecule has 0 bridgehead atoms. The number of halogens is 2. The van der Waals surface area contributed by atoms with Crippen LogP contribution in [-0.2, 0) is 4.74 Å². The van der Waals surface area contributed by atoms with Crippen molar-refractivity contribution >= 4 is 6.09 Å². The summed E-state index contributed by atoms with van der Waals surface area (Å²) >= 11 is 0. The van der Waals surface area contributed by atoms with Gasteiger partial charge in [0.1, 0.15) is 11.9 Å². The average Bonchev–Trinajstić information content (AvgIpc) is 3.37. The van der Waals surface area contributed by atoms with Gasteiger partial charge in [-0.3, -0.25) is 4.68 Å². The monoisotopic (exact) mass is 418 g/mol. The van der Waals surface area contributed by atoms with Crippen molar-refractivity contribution in [2.45, 2.75) is 77.1 Å². The lowest BCUT2D eigenvalue weighted by Gasteiger charge is -2.49. The fourth-order valence-corrected chi connectivity index (χ4v) is 4.44. The molecular weight excluding hydrogens is 390 g/mol. The Kier molecular flexibility index (Phi) is 4.86. The lowest BCUT2D eigenvalue weighted by Crippen LogP contribution is -2.57. The number of carbonyl (C=O) groups excluding carboxylic acids is 1. The number of amides is 1. The van der Waals surface area contributed by atoms with Crippen LogP contribution in [0.25, 0.3) is 11.3 Å². The highest BCUT2D eigenvalue weighted by Crippen LogP contribution is 2.52. The van der Waals surface area contributed by atoms with Gasteiger partial charge in [0.15, 0.2) is 5.67 Å². The van der Waals surface area contributed by atoms with Gasteiger partial charge in [0.05, 0.1) is 23.1 Å². The Morgan fingerprint density at radius 1 is 1.33 bits per heavy atom. The molecule has 1 amide bonds. The van der Waals surface area contributed by atoms with E-state index in [2.05, 4.69) is 4.98 Å². The highest BCUT2D eigenvalue weighted by atomic mass is 19.1. The first-order valence-corrected chi connectivity index (χ1v) is 10.4. The standard InChI is InChI=1S/C22H28F2N4O2/c1-12-16(23)7-8-17(26-12)15-11-28(27-18(15)13-5-6-13)14-9-22(24,10-14)19(21(2,3)4)30-20(25)29/h7-8,11,13-14,19H,5-6,9-10H2,1-4H3,(H2,25,29). The zero-order valence-corrected chi connectivity index (χ0v) is 17.8. The normalized spacial score (nSPS) is 24.9. The van der Waals surface area contributed by atoms with Gasteiger partial charge in [-0.1, -0.05) is 20.8 Å². The van der Waals surface area contributed by atoms with E-state index < -0.39 is 23.3 Å². The SMILES string of the molecule is Cc1nc(-c2cn(C3CC(F)(C(OC(N)=O)C(C)(C)C)C3)nc2C2CC2)ccc1F. The van der Waals surface area contributed by atoms with Gasteiger partial charge >= 0.3 is 6.09 Å². The predicted molar refractivity (Wildman–Crippen MR) is 108 cm³/mol. The number of aromatic nitrogens is 3. The molecule has 0 aromatic carbocycles. The first-order chi connectivity index (χ1) is 14.0. The predicted octanol–water partition coefficient (Wildman–Crippen LogP) is 4.82. The van der Waals surface area contributed by atoms with Crippen LogP contribution in [0, 0.1) is 18.2 Å². The van der Waals surface area contributed by atoms with Gasteiger partial charge in [-0.2, -0.15) is 5.10 Å². The molecule has 2 N–H and O–H groups in total. The van der Waals surface area contributed by atoms with Gasteiger partial charge in [-0.05, 0) is 31.9 Å². The molecule has 1 atom stereocenters. The van der Waals surface area contributed by atoms with Crippen molar-refractivity contribution in [1.82, 2.24) is 14.8 Å². The van der Waals surface area contributed by atoms with Crippen molar-refractivity contribution in [1.29, 1.82) is 0 Å². The van der Waals surface area contributed by atoms with Crippen molar-refractivity contribution in [3.63, 3.8) is 0 Å². The Balaban J connectivity index is 1.59. The smallest absolute Gasteiger partial charge is 0.404 e. The lowest BCUT2D eigenvalue weighted by molar-refractivity contribution is -0.133. The van der Waals surface area contributed by atoms with E-state index in [9.17, 15) is 9.18 Å². The van der Waals surface area contributed by atoms with Crippen LogP contribution >= 0.6 is 0 Å². The van der Waals surface area contributed by atoms with E-state index >= 15 is 4.39 Å². The number of carbonyl (C=O) groups is 1. The molecule has 4 rings (SSSR count). The van der Waals surface area contributed by atoms with Crippen LogP contribution in [0.3, 0.4) is 0 Å². The second kappa shape index (κ2) is 7.03. The number of alkyl halides is 1. The summed E-state index contributed by atoms with van der Waals surface area (Å²) in [7, 11) is 0. The van der Waals surface area contributed by atoms with Gasteiger partial charge in [-0.25, -0.2) is 18.6 Å². The third kappa shape index (κ3) is 3.79. The third-order valence-electron chi connectivity index (χ3n) is 6.04. The summed E-state index contributed by atoms with van der Waals surface area (Å²) in [6.07, 6.45) is 2.47. The van der Waals surface area contributed by atoms with Gasteiger partial charge in [-0.15, -0.1) is 0 Å². The van der Waals surface area contributed by atoms with E-state index in [-0.39, 0.29) is 24.7 Å². The zero-order valence-electron chi connectivity index (χ0n) is 17.8. The number of nitrogens with two attached hydrogens (primary N) is 1. The molecule has 0 radical (unpaired) electrons. The van der Waals surface area contributed by atoms with Crippen molar-refractivity contribution in [2.75, 3.05) is 0 Å². The van der Waals surface area contributed by atoms with Crippen LogP contribution < -0.4 is 5.73 Å². The minimum absolute atomic E-state index is 0.149.